The van der Waals surface area contributed by atoms with Crippen molar-refractivity contribution in [3.63, 3.8) is 0 Å². The quantitative estimate of drug-likeness (QED) is 0.183. The molecule has 0 N–H and O–H groups in total. The Hall–Kier alpha value is 0.0900. The number of carbonyl (C=O) groups excluding carboxylic acids is 2. The first-order chi connectivity index (χ1) is 13.2. The fourth-order valence-corrected chi connectivity index (χ4v) is 9.55. The van der Waals surface area contributed by atoms with Crippen molar-refractivity contribution in [2.45, 2.75) is 82.6 Å². The molecule has 3 saturated carbocycles. The number of fused-ring (bicyclic) bond motifs is 5. The molecule has 3 fully saturated rings. The largest absolute Gasteiger partial charge is 0.462 e. The summed E-state index contributed by atoms with van der Waals surface area (Å²) in [5.74, 6) is 2.23. The molecule has 0 spiro atoms. The van der Waals surface area contributed by atoms with Crippen LogP contribution in [0.15, 0.2) is 11.6 Å². The summed E-state index contributed by atoms with van der Waals surface area (Å²) in [6.07, 6.45) is 11.2. The number of allylic oxidation sites excluding steroid dienone is 1. The monoisotopic (exact) mass is 562 g/mol. The van der Waals surface area contributed by atoms with Gasteiger partial charge < -0.3 is 4.74 Å². The van der Waals surface area contributed by atoms with Crippen LogP contribution < -0.4 is 0 Å². The highest BCUT2D eigenvalue weighted by atomic mass is 127. The smallest absolute Gasteiger partial charge is 0.302 e. The number of ether oxygens (including phenoxy) is 1. The van der Waals surface area contributed by atoms with Gasteiger partial charge in [0.15, 0.2) is 5.78 Å². The SMILES string of the molecule is CC(=O)OC1CC[C@@]2(C)C(=CC[C@@H]3[C@@H]2CC[C@@]2(C)[C@H]3CC[C@]2(Br)C(=O)CI)C1. The molecule has 1 unspecified atom stereocenters. The van der Waals surface area contributed by atoms with Crippen LogP contribution in [0.2, 0.25) is 0 Å². The summed E-state index contributed by atoms with van der Waals surface area (Å²) in [5.41, 5.74) is 1.85. The van der Waals surface area contributed by atoms with Gasteiger partial charge in [0, 0.05) is 13.3 Å². The fourth-order valence-electron chi connectivity index (χ4n) is 7.51. The molecule has 0 aromatic heterocycles. The normalized spacial score (nSPS) is 47.4. The molecule has 5 heteroatoms. The lowest BCUT2D eigenvalue weighted by atomic mass is 9.47. The van der Waals surface area contributed by atoms with Crippen molar-refractivity contribution in [3.05, 3.63) is 11.6 Å². The van der Waals surface area contributed by atoms with Crippen LogP contribution in [0, 0.1) is 28.6 Å². The van der Waals surface area contributed by atoms with Gasteiger partial charge in [0.1, 0.15) is 6.10 Å². The van der Waals surface area contributed by atoms with Gasteiger partial charge in [-0.25, -0.2) is 0 Å². The maximum Gasteiger partial charge on any atom is 0.302 e. The van der Waals surface area contributed by atoms with Gasteiger partial charge in [0.05, 0.1) is 8.75 Å². The van der Waals surface area contributed by atoms with Crippen molar-refractivity contribution in [2.75, 3.05) is 4.43 Å². The number of alkyl halides is 2. The highest BCUT2D eigenvalue weighted by Crippen LogP contribution is 2.69. The van der Waals surface area contributed by atoms with E-state index in [2.05, 4.69) is 58.4 Å². The zero-order chi connectivity index (χ0) is 20.3. The molecule has 4 rings (SSSR count). The predicted molar refractivity (Wildman–Crippen MR) is 123 cm³/mol. The first-order valence-electron chi connectivity index (χ1n) is 10.8. The molecular weight excluding hydrogens is 531 g/mol. The Morgan fingerprint density at radius 3 is 2.57 bits per heavy atom. The Bertz CT molecular complexity index is 721. The highest BCUT2D eigenvalue weighted by molar-refractivity contribution is 14.1. The topological polar surface area (TPSA) is 43.4 Å². The van der Waals surface area contributed by atoms with Gasteiger partial charge >= 0.3 is 5.97 Å². The van der Waals surface area contributed by atoms with Crippen LogP contribution in [0.4, 0.5) is 0 Å². The lowest BCUT2D eigenvalue weighted by molar-refractivity contribution is -0.148. The highest BCUT2D eigenvalue weighted by Gasteiger charge is 2.65. The molecule has 0 bridgehead atoms. The molecule has 4 aliphatic rings. The summed E-state index contributed by atoms with van der Waals surface area (Å²) in [6, 6.07) is 0. The van der Waals surface area contributed by atoms with E-state index in [9.17, 15) is 9.59 Å². The Kier molecular flexibility index (Phi) is 5.60. The van der Waals surface area contributed by atoms with Gasteiger partial charge in [-0.05, 0) is 73.5 Å². The summed E-state index contributed by atoms with van der Waals surface area (Å²) >= 11 is 6.21. The summed E-state index contributed by atoms with van der Waals surface area (Å²) in [6.45, 7) is 6.37. The van der Waals surface area contributed by atoms with Crippen LogP contribution in [0.3, 0.4) is 0 Å². The van der Waals surface area contributed by atoms with Crippen molar-refractivity contribution in [1.29, 1.82) is 0 Å². The van der Waals surface area contributed by atoms with Crippen molar-refractivity contribution >= 4 is 50.3 Å². The minimum absolute atomic E-state index is 0.0604. The van der Waals surface area contributed by atoms with E-state index in [-0.39, 0.29) is 27.2 Å². The van der Waals surface area contributed by atoms with Gasteiger partial charge in [-0.15, -0.1) is 0 Å². The van der Waals surface area contributed by atoms with Gasteiger partial charge in [-0.3, -0.25) is 9.59 Å². The van der Waals surface area contributed by atoms with Crippen LogP contribution in [0.5, 0.6) is 0 Å². The van der Waals surface area contributed by atoms with Crippen LogP contribution in [0.25, 0.3) is 0 Å². The summed E-state index contributed by atoms with van der Waals surface area (Å²) in [4.78, 5) is 24.3. The van der Waals surface area contributed by atoms with E-state index >= 15 is 0 Å². The molecule has 0 saturated heterocycles. The molecule has 0 aliphatic heterocycles. The molecular formula is C23H32BrIO3. The summed E-state index contributed by atoms with van der Waals surface area (Å²) in [5, 5.41) is 0. The van der Waals surface area contributed by atoms with E-state index in [4.69, 9.17) is 4.74 Å². The van der Waals surface area contributed by atoms with E-state index in [0.717, 1.165) is 38.5 Å². The molecule has 3 nitrogen and oxygen atoms in total. The molecule has 0 radical (unpaired) electrons. The lowest BCUT2D eigenvalue weighted by Crippen LogP contribution is -2.55. The molecule has 7 atom stereocenters. The van der Waals surface area contributed by atoms with Crippen LogP contribution >= 0.6 is 38.5 Å². The molecule has 4 aliphatic carbocycles. The van der Waals surface area contributed by atoms with Crippen molar-refractivity contribution < 1.29 is 14.3 Å². The number of carbonyl (C=O) groups is 2. The number of ketones is 1. The molecule has 0 amide bonds. The van der Waals surface area contributed by atoms with Gasteiger partial charge in [-0.1, -0.05) is 64.0 Å². The average Bonchev–Trinajstić information content (AvgIpc) is 2.93. The van der Waals surface area contributed by atoms with E-state index in [1.54, 1.807) is 0 Å². The van der Waals surface area contributed by atoms with Crippen LogP contribution in [0.1, 0.15) is 72.1 Å². The van der Waals surface area contributed by atoms with Gasteiger partial charge in [0.25, 0.3) is 0 Å². The Labute approximate surface area is 191 Å². The molecule has 0 aromatic carbocycles. The number of rotatable bonds is 3. The van der Waals surface area contributed by atoms with Crippen molar-refractivity contribution in [1.82, 2.24) is 0 Å². The summed E-state index contributed by atoms with van der Waals surface area (Å²) < 4.78 is 5.82. The van der Waals surface area contributed by atoms with E-state index in [1.165, 1.54) is 25.3 Å². The van der Waals surface area contributed by atoms with Crippen molar-refractivity contribution in [2.24, 2.45) is 28.6 Å². The first-order valence-corrected chi connectivity index (χ1v) is 13.1. The number of esters is 1. The van der Waals surface area contributed by atoms with Gasteiger partial charge in [0.2, 0.25) is 0 Å². The third kappa shape index (κ3) is 2.99. The Morgan fingerprint density at radius 2 is 1.89 bits per heavy atom. The van der Waals surface area contributed by atoms with E-state index < -0.39 is 0 Å². The first kappa shape index (κ1) is 21.3. The zero-order valence-electron chi connectivity index (χ0n) is 17.2. The average molecular weight is 563 g/mol. The predicted octanol–water partition coefficient (Wildman–Crippen LogP) is 6.02. The minimum atomic E-state index is -0.325. The maximum absolute atomic E-state index is 12.9. The number of Topliss-reactive ketones (excluding diaryl/α,β-unsaturated/α-hetero) is 1. The van der Waals surface area contributed by atoms with Crippen LogP contribution in [-0.2, 0) is 14.3 Å². The zero-order valence-corrected chi connectivity index (χ0v) is 21.0. The molecule has 28 heavy (non-hydrogen) atoms. The number of hydrogen-bond donors (Lipinski definition) is 0. The Morgan fingerprint density at radius 1 is 1.18 bits per heavy atom. The second-order valence-corrected chi connectivity index (χ2v) is 12.2. The third-order valence-electron chi connectivity index (χ3n) is 9.05. The maximum atomic E-state index is 12.9. The molecule has 0 aromatic rings. The second kappa shape index (κ2) is 7.35. The minimum Gasteiger partial charge on any atom is -0.462 e. The lowest BCUT2D eigenvalue weighted by Gasteiger charge is -2.59. The van der Waals surface area contributed by atoms with E-state index in [1.807, 2.05) is 0 Å². The molecule has 0 heterocycles. The Balaban J connectivity index is 1.60. The number of halogens is 2. The van der Waals surface area contributed by atoms with E-state index in [0.29, 0.717) is 28.0 Å². The number of hydrogen-bond acceptors (Lipinski definition) is 3. The standard InChI is InChI=1S/C23H32BrIO3/c1-14(26)28-16-6-9-21(2)15(12-16)4-5-17-18(21)7-10-22(3)19(17)8-11-23(22,24)20(27)13-25/h4,16-19H,5-13H2,1-3H3/t16?,17-,18+,19+,21+,22+,23+/m1/s1. The summed E-state index contributed by atoms with van der Waals surface area (Å²) in [7, 11) is 0. The second-order valence-electron chi connectivity index (χ2n) is 10.1. The van der Waals surface area contributed by atoms with Crippen molar-refractivity contribution in [3.8, 4) is 0 Å². The third-order valence-corrected chi connectivity index (χ3v) is 11.5. The molecule has 156 valence electrons. The van der Waals surface area contributed by atoms with Gasteiger partial charge in [-0.2, -0.15) is 0 Å². The van der Waals surface area contributed by atoms with Crippen LogP contribution in [-0.4, -0.2) is 26.6 Å². The fraction of sp³-hybridized carbons (Fsp3) is 0.826.